The van der Waals surface area contributed by atoms with Crippen LogP contribution in [0.4, 0.5) is 0 Å². The van der Waals surface area contributed by atoms with E-state index in [9.17, 15) is 5.11 Å². The zero-order chi connectivity index (χ0) is 13.8. The van der Waals surface area contributed by atoms with Gasteiger partial charge < -0.3 is 19.0 Å². The second kappa shape index (κ2) is 5.71. The Hall–Kier alpha value is -2.08. The summed E-state index contributed by atoms with van der Waals surface area (Å²) >= 11 is 0. The number of nitrogens with zero attached hydrogens (tertiary/aromatic N) is 2. The highest BCUT2D eigenvalue weighted by molar-refractivity contribution is 5.33. The average molecular weight is 264 g/mol. The molecule has 0 saturated carbocycles. The maximum absolute atomic E-state index is 10.4. The molecule has 1 atom stereocenters. The Balaban J connectivity index is 2.41. The van der Waals surface area contributed by atoms with Crippen molar-refractivity contribution in [3.8, 4) is 11.8 Å². The van der Waals surface area contributed by atoms with Crippen LogP contribution in [-0.2, 0) is 6.42 Å². The van der Waals surface area contributed by atoms with Gasteiger partial charge in [-0.05, 0) is 6.07 Å². The third-order valence-electron chi connectivity index (χ3n) is 2.80. The molecule has 102 valence electrons. The summed E-state index contributed by atoms with van der Waals surface area (Å²) < 4.78 is 15.4. The SMILES string of the molecule is CCc1occc1C(O)c1ncc(OC)nc1OC. The molecule has 0 spiro atoms. The highest BCUT2D eigenvalue weighted by atomic mass is 16.5. The molecule has 2 heterocycles. The lowest BCUT2D eigenvalue weighted by atomic mass is 10.1. The van der Waals surface area contributed by atoms with Crippen LogP contribution in [0.3, 0.4) is 0 Å². The van der Waals surface area contributed by atoms with E-state index in [-0.39, 0.29) is 5.88 Å². The highest BCUT2D eigenvalue weighted by Crippen LogP contribution is 2.30. The predicted octanol–water partition coefficient (Wildman–Crippen LogP) is 1.73. The Labute approximate surface area is 111 Å². The van der Waals surface area contributed by atoms with Crippen molar-refractivity contribution in [3.63, 3.8) is 0 Å². The molecule has 0 aliphatic heterocycles. The summed E-state index contributed by atoms with van der Waals surface area (Å²) in [5.41, 5.74) is 1.000. The minimum atomic E-state index is -0.943. The molecule has 2 aromatic rings. The molecule has 6 heteroatoms. The summed E-state index contributed by atoms with van der Waals surface area (Å²) in [6, 6.07) is 1.72. The zero-order valence-electron chi connectivity index (χ0n) is 11.1. The summed E-state index contributed by atoms with van der Waals surface area (Å²) in [5, 5.41) is 10.4. The van der Waals surface area contributed by atoms with Gasteiger partial charge in [-0.3, -0.25) is 0 Å². The van der Waals surface area contributed by atoms with Gasteiger partial charge in [-0.25, -0.2) is 4.98 Å². The van der Waals surface area contributed by atoms with E-state index in [4.69, 9.17) is 13.9 Å². The molecule has 0 aliphatic carbocycles. The summed E-state index contributed by atoms with van der Waals surface area (Å²) in [6.45, 7) is 1.95. The fourth-order valence-electron chi connectivity index (χ4n) is 1.83. The Morgan fingerprint density at radius 3 is 2.79 bits per heavy atom. The van der Waals surface area contributed by atoms with E-state index in [1.165, 1.54) is 20.4 Å². The van der Waals surface area contributed by atoms with Crippen LogP contribution >= 0.6 is 0 Å². The van der Waals surface area contributed by atoms with Crippen molar-refractivity contribution in [2.24, 2.45) is 0 Å². The molecule has 6 nitrogen and oxygen atoms in total. The van der Waals surface area contributed by atoms with E-state index in [0.29, 0.717) is 29.3 Å². The van der Waals surface area contributed by atoms with Crippen LogP contribution in [0.15, 0.2) is 22.9 Å². The second-order valence-corrected chi connectivity index (χ2v) is 3.86. The normalized spacial score (nSPS) is 12.2. The fourth-order valence-corrected chi connectivity index (χ4v) is 1.83. The van der Waals surface area contributed by atoms with E-state index in [1.807, 2.05) is 6.92 Å². The molecule has 0 aliphatic rings. The van der Waals surface area contributed by atoms with Crippen molar-refractivity contribution >= 4 is 0 Å². The van der Waals surface area contributed by atoms with Gasteiger partial charge in [0.1, 0.15) is 17.6 Å². The van der Waals surface area contributed by atoms with Crippen molar-refractivity contribution in [1.82, 2.24) is 9.97 Å². The number of hydrogen-bond acceptors (Lipinski definition) is 6. The van der Waals surface area contributed by atoms with E-state index < -0.39 is 6.10 Å². The Kier molecular flexibility index (Phi) is 4.01. The first-order valence-corrected chi connectivity index (χ1v) is 5.90. The number of aryl methyl sites for hydroxylation is 1. The van der Waals surface area contributed by atoms with Crippen molar-refractivity contribution in [2.45, 2.75) is 19.4 Å². The predicted molar refractivity (Wildman–Crippen MR) is 67.3 cm³/mol. The molecule has 2 aromatic heterocycles. The standard InChI is InChI=1S/C13H16N2O4/c1-4-9-8(5-6-19-9)12(16)11-13(18-3)15-10(17-2)7-14-11/h5-7,12,16H,4H2,1-3H3. The van der Waals surface area contributed by atoms with Crippen molar-refractivity contribution in [1.29, 1.82) is 0 Å². The third kappa shape index (κ3) is 2.53. The van der Waals surface area contributed by atoms with Crippen molar-refractivity contribution < 1.29 is 19.0 Å². The van der Waals surface area contributed by atoms with Crippen molar-refractivity contribution in [3.05, 3.63) is 35.5 Å². The van der Waals surface area contributed by atoms with Crippen LogP contribution in [-0.4, -0.2) is 29.3 Å². The maximum Gasteiger partial charge on any atom is 0.241 e. The van der Waals surface area contributed by atoms with Gasteiger partial charge in [-0.2, -0.15) is 4.98 Å². The fraction of sp³-hybridized carbons (Fsp3) is 0.385. The van der Waals surface area contributed by atoms with E-state index >= 15 is 0 Å². The van der Waals surface area contributed by atoms with Gasteiger partial charge in [0.25, 0.3) is 0 Å². The minimum absolute atomic E-state index is 0.232. The third-order valence-corrected chi connectivity index (χ3v) is 2.80. The monoisotopic (exact) mass is 264 g/mol. The lowest BCUT2D eigenvalue weighted by Crippen LogP contribution is -2.08. The molecule has 0 aromatic carbocycles. The Morgan fingerprint density at radius 1 is 1.37 bits per heavy atom. The minimum Gasteiger partial charge on any atom is -0.480 e. The van der Waals surface area contributed by atoms with Crippen LogP contribution in [0, 0.1) is 0 Å². The topological polar surface area (TPSA) is 77.6 Å². The molecular weight excluding hydrogens is 248 g/mol. The van der Waals surface area contributed by atoms with Gasteiger partial charge in [-0.15, -0.1) is 0 Å². The Morgan fingerprint density at radius 2 is 2.16 bits per heavy atom. The first-order chi connectivity index (χ1) is 9.21. The van der Waals surface area contributed by atoms with Gasteiger partial charge in [-0.1, -0.05) is 6.92 Å². The van der Waals surface area contributed by atoms with Crippen LogP contribution in [0.5, 0.6) is 11.8 Å². The van der Waals surface area contributed by atoms with Gasteiger partial charge in [0, 0.05) is 12.0 Å². The number of aliphatic hydroxyl groups is 1. The molecule has 0 bridgehead atoms. The molecule has 1 unspecified atom stereocenters. The molecule has 0 amide bonds. The summed E-state index contributed by atoms with van der Waals surface area (Å²) in [4.78, 5) is 8.25. The van der Waals surface area contributed by atoms with Crippen LogP contribution in [0.25, 0.3) is 0 Å². The van der Waals surface area contributed by atoms with Gasteiger partial charge in [0.05, 0.1) is 26.7 Å². The number of hydrogen-bond donors (Lipinski definition) is 1. The first kappa shape index (κ1) is 13.4. The lowest BCUT2D eigenvalue weighted by molar-refractivity contribution is 0.204. The Bertz CT molecular complexity index is 553. The number of ether oxygens (including phenoxy) is 2. The van der Waals surface area contributed by atoms with Gasteiger partial charge in [0.15, 0.2) is 0 Å². The van der Waals surface area contributed by atoms with Crippen LogP contribution in [0.1, 0.15) is 30.0 Å². The first-order valence-electron chi connectivity index (χ1n) is 5.90. The number of aromatic nitrogens is 2. The van der Waals surface area contributed by atoms with Gasteiger partial charge >= 0.3 is 0 Å². The smallest absolute Gasteiger partial charge is 0.241 e. The molecule has 0 radical (unpaired) electrons. The zero-order valence-corrected chi connectivity index (χ0v) is 11.1. The molecule has 1 N–H and O–H groups in total. The lowest BCUT2D eigenvalue weighted by Gasteiger charge is -2.13. The number of aliphatic hydroxyl groups excluding tert-OH is 1. The molecular formula is C13H16N2O4. The van der Waals surface area contributed by atoms with E-state index in [1.54, 1.807) is 12.3 Å². The van der Waals surface area contributed by atoms with Gasteiger partial charge in [0.2, 0.25) is 11.8 Å². The summed E-state index contributed by atoms with van der Waals surface area (Å²) in [7, 11) is 2.96. The second-order valence-electron chi connectivity index (χ2n) is 3.86. The van der Waals surface area contributed by atoms with Crippen LogP contribution < -0.4 is 9.47 Å². The summed E-state index contributed by atoms with van der Waals surface area (Å²) in [6.07, 6.45) is 2.72. The largest absolute Gasteiger partial charge is 0.480 e. The molecule has 0 saturated heterocycles. The maximum atomic E-state index is 10.4. The van der Waals surface area contributed by atoms with E-state index in [0.717, 1.165) is 0 Å². The quantitative estimate of drug-likeness (QED) is 0.886. The number of furan rings is 1. The molecule has 2 rings (SSSR count). The van der Waals surface area contributed by atoms with Crippen LogP contribution in [0.2, 0.25) is 0 Å². The highest BCUT2D eigenvalue weighted by Gasteiger charge is 2.22. The summed E-state index contributed by atoms with van der Waals surface area (Å²) in [5.74, 6) is 1.28. The van der Waals surface area contributed by atoms with E-state index in [2.05, 4.69) is 9.97 Å². The number of rotatable bonds is 5. The molecule has 0 fully saturated rings. The van der Waals surface area contributed by atoms with Crippen molar-refractivity contribution in [2.75, 3.05) is 14.2 Å². The number of methoxy groups -OCH3 is 2. The average Bonchev–Trinajstić information content (AvgIpc) is 2.94. The molecule has 19 heavy (non-hydrogen) atoms.